The maximum absolute atomic E-state index is 6.23. The van der Waals surface area contributed by atoms with Gasteiger partial charge in [-0.1, -0.05) is 18.1 Å². The molecule has 0 saturated heterocycles. The molecule has 2 N–H and O–H groups in total. The van der Waals surface area contributed by atoms with E-state index in [2.05, 4.69) is 30.8 Å². The standard InChI is InChI=1S/C17H19N3O/c1-5-9-20-11(2)19-14(16(20)18)13-8-6-7-12-10-17(3,4)21-15(12)13/h1,6-8H,9-10,18H2,2-4H3. The van der Waals surface area contributed by atoms with Crippen LogP contribution in [0.15, 0.2) is 18.2 Å². The summed E-state index contributed by atoms with van der Waals surface area (Å²) in [4.78, 5) is 4.59. The number of benzene rings is 1. The summed E-state index contributed by atoms with van der Waals surface area (Å²) in [5.74, 6) is 4.90. The number of para-hydroxylation sites is 1. The highest BCUT2D eigenvalue weighted by Gasteiger charge is 2.33. The van der Waals surface area contributed by atoms with Crippen molar-refractivity contribution in [1.29, 1.82) is 0 Å². The summed E-state index contributed by atoms with van der Waals surface area (Å²) in [5, 5.41) is 0. The lowest BCUT2D eigenvalue weighted by atomic mass is 10.00. The Bertz CT molecular complexity index is 750. The Morgan fingerprint density at radius 2 is 2.24 bits per heavy atom. The molecule has 2 heterocycles. The van der Waals surface area contributed by atoms with Crippen LogP contribution in [-0.2, 0) is 13.0 Å². The Morgan fingerprint density at radius 1 is 1.48 bits per heavy atom. The lowest BCUT2D eigenvalue weighted by Crippen LogP contribution is -2.24. The number of hydrogen-bond donors (Lipinski definition) is 1. The van der Waals surface area contributed by atoms with Crippen molar-refractivity contribution in [3.05, 3.63) is 29.6 Å². The Morgan fingerprint density at radius 3 is 2.95 bits per heavy atom. The zero-order valence-corrected chi connectivity index (χ0v) is 12.6. The summed E-state index contributed by atoms with van der Waals surface area (Å²) >= 11 is 0. The van der Waals surface area contributed by atoms with E-state index in [1.807, 2.05) is 23.6 Å². The van der Waals surface area contributed by atoms with Crippen LogP contribution in [0.5, 0.6) is 5.75 Å². The van der Waals surface area contributed by atoms with Crippen molar-refractivity contribution in [3.8, 4) is 29.4 Å². The molecule has 0 bridgehead atoms. The number of aromatic nitrogens is 2. The SMILES string of the molecule is C#CCn1c(C)nc(-c2cccc3c2OC(C)(C)C3)c1N. The number of ether oxygens (including phenoxy) is 1. The van der Waals surface area contributed by atoms with Gasteiger partial charge in [-0.15, -0.1) is 6.42 Å². The highest BCUT2D eigenvalue weighted by atomic mass is 16.5. The predicted octanol–water partition coefficient (Wildman–Crippen LogP) is 2.79. The van der Waals surface area contributed by atoms with Gasteiger partial charge in [-0.2, -0.15) is 0 Å². The van der Waals surface area contributed by atoms with Gasteiger partial charge in [-0.05, 0) is 32.4 Å². The molecule has 108 valence electrons. The topological polar surface area (TPSA) is 53.1 Å². The van der Waals surface area contributed by atoms with Gasteiger partial charge in [0.1, 0.15) is 28.7 Å². The molecular weight excluding hydrogens is 262 g/mol. The summed E-state index contributed by atoms with van der Waals surface area (Å²) in [5.41, 5.74) is 8.92. The minimum Gasteiger partial charge on any atom is -0.487 e. The number of imidazole rings is 1. The van der Waals surface area contributed by atoms with Gasteiger partial charge in [0.2, 0.25) is 0 Å². The first-order chi connectivity index (χ1) is 9.93. The molecule has 0 atom stereocenters. The molecule has 1 aromatic heterocycles. The fraction of sp³-hybridized carbons (Fsp3) is 0.353. The second kappa shape index (κ2) is 4.56. The van der Waals surface area contributed by atoms with Crippen molar-refractivity contribution >= 4 is 5.82 Å². The van der Waals surface area contributed by atoms with Crippen LogP contribution in [0.1, 0.15) is 25.2 Å². The largest absolute Gasteiger partial charge is 0.487 e. The van der Waals surface area contributed by atoms with E-state index in [0.29, 0.717) is 12.4 Å². The number of terminal acetylenes is 1. The van der Waals surface area contributed by atoms with Crippen molar-refractivity contribution in [2.45, 2.75) is 39.3 Å². The average Bonchev–Trinajstić information content (AvgIpc) is 2.87. The number of nitrogens with two attached hydrogens (primary N) is 1. The molecule has 3 rings (SSSR count). The molecule has 2 aromatic rings. The number of anilines is 1. The maximum Gasteiger partial charge on any atom is 0.133 e. The van der Waals surface area contributed by atoms with Gasteiger partial charge in [-0.25, -0.2) is 4.98 Å². The van der Waals surface area contributed by atoms with Gasteiger partial charge in [-0.3, -0.25) is 0 Å². The van der Waals surface area contributed by atoms with Crippen molar-refractivity contribution in [2.75, 3.05) is 5.73 Å². The molecule has 4 nitrogen and oxygen atoms in total. The van der Waals surface area contributed by atoms with E-state index < -0.39 is 0 Å². The summed E-state index contributed by atoms with van der Waals surface area (Å²) in [6, 6.07) is 6.11. The predicted molar refractivity (Wildman–Crippen MR) is 84.1 cm³/mol. The highest BCUT2D eigenvalue weighted by Crippen LogP contribution is 2.43. The number of fused-ring (bicyclic) bond motifs is 1. The summed E-state index contributed by atoms with van der Waals surface area (Å²) in [7, 11) is 0. The van der Waals surface area contributed by atoms with Gasteiger partial charge in [0.25, 0.3) is 0 Å². The molecule has 0 saturated carbocycles. The lowest BCUT2D eigenvalue weighted by Gasteiger charge is -2.18. The van der Waals surface area contributed by atoms with E-state index in [1.54, 1.807) is 0 Å². The first-order valence-electron chi connectivity index (χ1n) is 7.00. The molecule has 0 amide bonds. The third-order valence-electron chi connectivity index (χ3n) is 3.79. The molecule has 1 aromatic carbocycles. The van der Waals surface area contributed by atoms with E-state index in [1.165, 1.54) is 5.56 Å². The number of nitrogen functional groups attached to an aromatic ring is 1. The van der Waals surface area contributed by atoms with Crippen LogP contribution in [0.2, 0.25) is 0 Å². The molecule has 4 heteroatoms. The number of hydrogen-bond acceptors (Lipinski definition) is 3. The van der Waals surface area contributed by atoms with E-state index in [4.69, 9.17) is 16.9 Å². The Kier molecular flexibility index (Phi) is 2.94. The Labute approximate surface area is 124 Å². The van der Waals surface area contributed by atoms with E-state index in [-0.39, 0.29) is 5.60 Å². The van der Waals surface area contributed by atoms with Crippen LogP contribution < -0.4 is 10.5 Å². The fourth-order valence-corrected chi connectivity index (χ4v) is 2.87. The monoisotopic (exact) mass is 281 g/mol. The van der Waals surface area contributed by atoms with Gasteiger partial charge < -0.3 is 15.0 Å². The fourth-order valence-electron chi connectivity index (χ4n) is 2.87. The van der Waals surface area contributed by atoms with Gasteiger partial charge >= 0.3 is 0 Å². The third kappa shape index (κ3) is 2.15. The molecule has 1 aliphatic rings. The minimum atomic E-state index is -0.191. The number of aryl methyl sites for hydroxylation is 1. The minimum absolute atomic E-state index is 0.191. The van der Waals surface area contributed by atoms with Crippen molar-refractivity contribution < 1.29 is 4.74 Å². The third-order valence-corrected chi connectivity index (χ3v) is 3.79. The molecule has 1 aliphatic heterocycles. The van der Waals surface area contributed by atoms with Crippen LogP contribution in [0, 0.1) is 19.3 Å². The number of rotatable bonds is 2. The molecule has 0 unspecified atom stereocenters. The van der Waals surface area contributed by atoms with Gasteiger partial charge in [0, 0.05) is 12.0 Å². The average molecular weight is 281 g/mol. The molecule has 0 fully saturated rings. The van der Waals surface area contributed by atoms with Crippen LogP contribution >= 0.6 is 0 Å². The van der Waals surface area contributed by atoms with Crippen molar-refractivity contribution in [3.63, 3.8) is 0 Å². The van der Waals surface area contributed by atoms with E-state index in [9.17, 15) is 0 Å². The summed E-state index contributed by atoms with van der Waals surface area (Å²) in [6.45, 7) is 6.50. The lowest BCUT2D eigenvalue weighted by molar-refractivity contribution is 0.139. The molecular formula is C17H19N3O. The Hall–Kier alpha value is -2.41. The number of nitrogens with zero attached hydrogens (tertiary/aromatic N) is 2. The maximum atomic E-state index is 6.23. The quantitative estimate of drug-likeness (QED) is 0.861. The molecule has 0 aliphatic carbocycles. The Balaban J connectivity index is 2.15. The van der Waals surface area contributed by atoms with Crippen LogP contribution in [0.4, 0.5) is 5.82 Å². The highest BCUT2D eigenvalue weighted by molar-refractivity contribution is 5.78. The van der Waals surface area contributed by atoms with Crippen LogP contribution in [0.3, 0.4) is 0 Å². The van der Waals surface area contributed by atoms with Crippen molar-refractivity contribution in [1.82, 2.24) is 9.55 Å². The normalized spacial score (nSPS) is 15.3. The second-order valence-electron chi connectivity index (χ2n) is 6.02. The summed E-state index contributed by atoms with van der Waals surface area (Å²) in [6.07, 6.45) is 6.28. The zero-order chi connectivity index (χ0) is 15.2. The van der Waals surface area contributed by atoms with Gasteiger partial charge in [0.15, 0.2) is 0 Å². The van der Waals surface area contributed by atoms with E-state index in [0.717, 1.165) is 29.3 Å². The molecule has 21 heavy (non-hydrogen) atoms. The van der Waals surface area contributed by atoms with Crippen molar-refractivity contribution in [2.24, 2.45) is 0 Å². The zero-order valence-electron chi connectivity index (χ0n) is 12.6. The molecule has 0 radical (unpaired) electrons. The van der Waals surface area contributed by atoms with Crippen LogP contribution in [0.25, 0.3) is 11.3 Å². The van der Waals surface area contributed by atoms with Gasteiger partial charge in [0.05, 0.1) is 6.54 Å². The van der Waals surface area contributed by atoms with Crippen LogP contribution in [-0.4, -0.2) is 15.2 Å². The van der Waals surface area contributed by atoms with E-state index >= 15 is 0 Å². The smallest absolute Gasteiger partial charge is 0.133 e. The molecule has 0 spiro atoms. The summed E-state index contributed by atoms with van der Waals surface area (Å²) < 4.78 is 7.94. The first kappa shape index (κ1) is 13.6. The second-order valence-corrected chi connectivity index (χ2v) is 6.02. The first-order valence-corrected chi connectivity index (χ1v) is 7.00.